The van der Waals surface area contributed by atoms with Crippen molar-refractivity contribution >= 4 is 0 Å². The molecule has 5 atom stereocenters. The Morgan fingerprint density at radius 1 is 0.722 bits per heavy atom. The Bertz CT molecular complexity index is 244. The highest BCUT2D eigenvalue weighted by atomic mass is 19.3. The van der Waals surface area contributed by atoms with Crippen LogP contribution >= 0.6 is 0 Å². The molecular weight excluding hydrogens is 272 g/mol. The molecule has 0 aromatic carbocycles. The zero-order chi connectivity index (χ0) is 14.3. The summed E-state index contributed by atoms with van der Waals surface area (Å²) in [6.07, 6.45) is -18.2. The number of hydrogen-bond acceptors (Lipinski definition) is 0. The number of allylic oxidation sites excluding steroid dienone is 2. The van der Waals surface area contributed by atoms with Gasteiger partial charge in [0, 0.05) is 6.42 Å². The molecule has 0 N–H and O–H groups in total. The van der Waals surface area contributed by atoms with E-state index in [0.717, 1.165) is 0 Å². The Labute approximate surface area is 98.7 Å². The molecule has 18 heavy (non-hydrogen) atoms. The van der Waals surface area contributed by atoms with Gasteiger partial charge in [0.15, 0.2) is 18.5 Å². The van der Waals surface area contributed by atoms with Crippen molar-refractivity contribution < 1.29 is 35.1 Å². The molecule has 5 unspecified atom stereocenters. The number of rotatable bonds is 8. The van der Waals surface area contributed by atoms with Crippen molar-refractivity contribution in [2.45, 2.75) is 43.7 Å². The van der Waals surface area contributed by atoms with Gasteiger partial charge in [-0.3, -0.25) is 4.39 Å². The quantitative estimate of drug-likeness (QED) is 0.469. The Hall–Kier alpha value is -0.820. The summed E-state index contributed by atoms with van der Waals surface area (Å²) in [7, 11) is 0. The van der Waals surface area contributed by atoms with Gasteiger partial charge in [-0.25, -0.2) is 30.7 Å². The van der Waals surface area contributed by atoms with Gasteiger partial charge in [0.25, 0.3) is 6.43 Å². The number of alkyl halides is 8. The van der Waals surface area contributed by atoms with Gasteiger partial charge in [0.2, 0.25) is 0 Å². The molecule has 0 aliphatic heterocycles. The summed E-state index contributed by atoms with van der Waals surface area (Å²) in [5.74, 6) is 0. The second-order valence-corrected chi connectivity index (χ2v) is 3.49. The Morgan fingerprint density at radius 3 is 1.67 bits per heavy atom. The van der Waals surface area contributed by atoms with Crippen LogP contribution in [0.3, 0.4) is 0 Å². The molecule has 0 aliphatic rings. The van der Waals surface area contributed by atoms with Crippen molar-refractivity contribution in [1.29, 1.82) is 0 Å². The monoisotopic (exact) mass is 284 g/mol. The molecule has 0 rings (SSSR count). The van der Waals surface area contributed by atoms with Gasteiger partial charge < -0.3 is 0 Å². The van der Waals surface area contributed by atoms with Crippen molar-refractivity contribution in [3.63, 3.8) is 0 Å². The normalized spacial score (nSPS) is 20.9. The van der Waals surface area contributed by atoms with Crippen LogP contribution in [0.4, 0.5) is 35.1 Å². The molecule has 0 aromatic rings. The average Bonchev–Trinajstić information content (AvgIpc) is 2.33. The molecule has 8 heteroatoms. The van der Waals surface area contributed by atoms with E-state index in [2.05, 4.69) is 0 Å². The van der Waals surface area contributed by atoms with E-state index in [9.17, 15) is 35.1 Å². The van der Waals surface area contributed by atoms with Gasteiger partial charge >= 0.3 is 0 Å². The Balaban J connectivity index is 4.33. The van der Waals surface area contributed by atoms with Crippen LogP contribution in [0.2, 0.25) is 0 Å². The summed E-state index contributed by atoms with van der Waals surface area (Å²) in [6.45, 7) is -1.14. The molecule has 0 saturated carbocycles. The largest absolute Gasteiger partial charge is 0.272 e. The predicted octanol–water partition coefficient (Wildman–Crippen LogP) is 3.86. The lowest BCUT2D eigenvalue weighted by atomic mass is 10.1. The lowest BCUT2D eigenvalue weighted by Crippen LogP contribution is -2.32. The maximum Gasteiger partial charge on any atom is 0.272 e. The van der Waals surface area contributed by atoms with Crippen LogP contribution in [-0.4, -0.2) is 44.0 Å². The lowest BCUT2D eigenvalue weighted by molar-refractivity contribution is -0.0148. The van der Waals surface area contributed by atoms with E-state index in [4.69, 9.17) is 0 Å². The summed E-state index contributed by atoms with van der Waals surface area (Å²) in [4.78, 5) is 0. The summed E-state index contributed by atoms with van der Waals surface area (Å²) < 4.78 is 98.3. The SMILES string of the molecule is FCCC(F)C(F)C=CC(F)C(F)C(F)C(F)F. The summed E-state index contributed by atoms with van der Waals surface area (Å²) in [5.41, 5.74) is 0. The molecule has 108 valence electrons. The minimum Gasteiger partial charge on any atom is -0.251 e. The second-order valence-electron chi connectivity index (χ2n) is 3.49. The Kier molecular flexibility index (Phi) is 7.93. The van der Waals surface area contributed by atoms with Crippen LogP contribution in [-0.2, 0) is 0 Å². The van der Waals surface area contributed by atoms with E-state index in [-0.39, 0.29) is 12.2 Å². The molecule has 0 heterocycles. The van der Waals surface area contributed by atoms with E-state index in [1.807, 2.05) is 0 Å². The van der Waals surface area contributed by atoms with Crippen LogP contribution in [0.1, 0.15) is 6.42 Å². The highest BCUT2D eigenvalue weighted by Crippen LogP contribution is 2.20. The molecule has 0 aliphatic carbocycles. The maximum atomic E-state index is 12.8. The van der Waals surface area contributed by atoms with Gasteiger partial charge in [-0.15, -0.1) is 0 Å². The van der Waals surface area contributed by atoms with E-state index in [0.29, 0.717) is 0 Å². The fourth-order valence-corrected chi connectivity index (χ4v) is 1.02. The van der Waals surface area contributed by atoms with Gasteiger partial charge in [-0.2, -0.15) is 0 Å². The van der Waals surface area contributed by atoms with E-state index in [1.54, 1.807) is 0 Å². The average molecular weight is 284 g/mol. The number of halogens is 8. The van der Waals surface area contributed by atoms with E-state index in [1.165, 1.54) is 0 Å². The van der Waals surface area contributed by atoms with E-state index >= 15 is 0 Å². The first kappa shape index (κ1) is 17.2. The molecule has 0 bridgehead atoms. The highest BCUT2D eigenvalue weighted by Gasteiger charge is 2.35. The fraction of sp³-hybridized carbons (Fsp3) is 0.800. The minimum absolute atomic E-state index is 0.106. The van der Waals surface area contributed by atoms with Gasteiger partial charge in [0.05, 0.1) is 6.67 Å². The third kappa shape index (κ3) is 5.68. The van der Waals surface area contributed by atoms with Crippen LogP contribution in [0.25, 0.3) is 0 Å². The van der Waals surface area contributed by atoms with Crippen molar-refractivity contribution in [2.75, 3.05) is 6.67 Å². The standard InChI is InChI=1S/C10H12F8/c11-4-3-6(13)5(12)1-2-7(14)8(15)9(16)10(17)18/h1-2,5-10H,3-4H2. The van der Waals surface area contributed by atoms with Crippen LogP contribution in [0.5, 0.6) is 0 Å². The predicted molar refractivity (Wildman–Crippen MR) is 50.2 cm³/mol. The molecule has 0 spiro atoms. The summed E-state index contributed by atoms with van der Waals surface area (Å²) in [5, 5.41) is 0. The maximum absolute atomic E-state index is 12.8. The van der Waals surface area contributed by atoms with Crippen LogP contribution in [0, 0.1) is 0 Å². The highest BCUT2D eigenvalue weighted by molar-refractivity contribution is 5.00. The molecule has 0 amide bonds. The fourth-order valence-electron chi connectivity index (χ4n) is 1.02. The second kappa shape index (κ2) is 8.31. The van der Waals surface area contributed by atoms with Gasteiger partial charge in [-0.05, 0) is 12.2 Å². The zero-order valence-electron chi connectivity index (χ0n) is 9.06. The van der Waals surface area contributed by atoms with Crippen molar-refractivity contribution in [3.05, 3.63) is 12.2 Å². The zero-order valence-corrected chi connectivity index (χ0v) is 9.06. The topological polar surface area (TPSA) is 0 Å². The van der Waals surface area contributed by atoms with Gasteiger partial charge in [0.1, 0.15) is 12.3 Å². The first-order valence-electron chi connectivity index (χ1n) is 5.04. The lowest BCUT2D eigenvalue weighted by Gasteiger charge is -2.14. The molecule has 0 nitrogen and oxygen atoms in total. The molecule has 0 aromatic heterocycles. The first-order valence-corrected chi connectivity index (χ1v) is 5.04. The molecule has 0 fully saturated rings. The van der Waals surface area contributed by atoms with Crippen LogP contribution < -0.4 is 0 Å². The third-order valence-electron chi connectivity index (χ3n) is 2.06. The van der Waals surface area contributed by atoms with Crippen LogP contribution in [0.15, 0.2) is 12.2 Å². The smallest absolute Gasteiger partial charge is 0.251 e. The number of hydrogen-bond donors (Lipinski definition) is 0. The third-order valence-corrected chi connectivity index (χ3v) is 2.06. The minimum atomic E-state index is -3.71. The molecular formula is C10H12F8. The molecule has 0 saturated heterocycles. The van der Waals surface area contributed by atoms with Crippen molar-refractivity contribution in [2.24, 2.45) is 0 Å². The summed E-state index contributed by atoms with van der Waals surface area (Å²) in [6, 6.07) is 0. The van der Waals surface area contributed by atoms with E-state index < -0.39 is 50.4 Å². The van der Waals surface area contributed by atoms with Crippen molar-refractivity contribution in [1.82, 2.24) is 0 Å². The first-order chi connectivity index (χ1) is 8.31. The molecule has 0 radical (unpaired) electrons. The van der Waals surface area contributed by atoms with Crippen molar-refractivity contribution in [3.8, 4) is 0 Å². The Morgan fingerprint density at radius 2 is 1.22 bits per heavy atom. The summed E-state index contributed by atoms with van der Waals surface area (Å²) >= 11 is 0. The van der Waals surface area contributed by atoms with Gasteiger partial charge in [-0.1, -0.05) is 0 Å².